The van der Waals surface area contributed by atoms with Crippen molar-refractivity contribution in [2.75, 3.05) is 20.6 Å². The first-order valence-electron chi connectivity index (χ1n) is 8.98. The largest absolute Gasteiger partial charge is 0.419 e. The van der Waals surface area contributed by atoms with E-state index in [9.17, 15) is 9.59 Å². The lowest BCUT2D eigenvalue weighted by molar-refractivity contribution is -0.109. The third kappa shape index (κ3) is 4.30. The second-order valence-corrected chi connectivity index (χ2v) is 6.87. The number of hydrogen-bond acceptors (Lipinski definition) is 5. The van der Waals surface area contributed by atoms with E-state index in [1.807, 2.05) is 61.5 Å². The first kappa shape index (κ1) is 19.4. The average Bonchev–Trinajstić information content (AvgIpc) is 3.00. The molecule has 1 atom stereocenters. The van der Waals surface area contributed by atoms with E-state index < -0.39 is 6.04 Å². The van der Waals surface area contributed by atoms with Crippen molar-refractivity contribution in [3.8, 4) is 17.2 Å². The topological polar surface area (TPSA) is 91.3 Å². The summed E-state index contributed by atoms with van der Waals surface area (Å²) < 4.78 is 6.99. The zero-order chi connectivity index (χ0) is 20.1. The predicted octanol–water partition coefficient (Wildman–Crippen LogP) is 2.00. The standard InChI is InChI=1S/C21H22N4O3/c1-24(2)9-10-25-19-12-17(7-8-20(19)28-21(25)27)16-5-3-15(4-6-16)11-18(13-22)23-14-26/h3-8,12,14,18H,9-11H2,1-2H3,(H,23,26). The zero-order valence-electron chi connectivity index (χ0n) is 15.9. The van der Waals surface area contributed by atoms with Crippen molar-refractivity contribution in [2.45, 2.75) is 19.0 Å². The van der Waals surface area contributed by atoms with Gasteiger partial charge in [-0.05, 0) is 42.9 Å². The number of aromatic nitrogens is 1. The normalized spacial score (nSPS) is 12.1. The Kier molecular flexibility index (Phi) is 5.92. The van der Waals surface area contributed by atoms with Gasteiger partial charge >= 0.3 is 5.76 Å². The molecule has 0 fully saturated rings. The Hall–Kier alpha value is -3.37. The molecule has 28 heavy (non-hydrogen) atoms. The van der Waals surface area contributed by atoms with Gasteiger partial charge in [-0.15, -0.1) is 0 Å². The second-order valence-electron chi connectivity index (χ2n) is 6.87. The Morgan fingerprint density at radius 3 is 2.57 bits per heavy atom. The molecule has 1 amide bonds. The summed E-state index contributed by atoms with van der Waals surface area (Å²) in [6.07, 6.45) is 0.985. The van der Waals surface area contributed by atoms with Crippen molar-refractivity contribution in [3.63, 3.8) is 0 Å². The van der Waals surface area contributed by atoms with Gasteiger partial charge in [-0.2, -0.15) is 5.26 Å². The van der Waals surface area contributed by atoms with Crippen molar-refractivity contribution in [3.05, 3.63) is 58.6 Å². The van der Waals surface area contributed by atoms with Crippen molar-refractivity contribution < 1.29 is 9.21 Å². The molecule has 3 aromatic rings. The van der Waals surface area contributed by atoms with E-state index in [0.717, 1.165) is 28.8 Å². The Morgan fingerprint density at radius 1 is 1.21 bits per heavy atom. The van der Waals surface area contributed by atoms with Crippen LogP contribution in [0.25, 0.3) is 22.2 Å². The summed E-state index contributed by atoms with van der Waals surface area (Å²) in [6.45, 7) is 1.29. The van der Waals surface area contributed by atoms with Crippen LogP contribution in [0, 0.1) is 11.3 Å². The van der Waals surface area contributed by atoms with E-state index in [1.165, 1.54) is 0 Å². The van der Waals surface area contributed by atoms with Gasteiger partial charge in [0.1, 0.15) is 6.04 Å². The zero-order valence-corrected chi connectivity index (χ0v) is 15.9. The molecule has 0 saturated carbocycles. The number of amides is 1. The van der Waals surface area contributed by atoms with Gasteiger partial charge < -0.3 is 14.6 Å². The molecule has 1 unspecified atom stereocenters. The number of carbonyl (C=O) groups excluding carboxylic acids is 1. The molecule has 0 radical (unpaired) electrons. The highest BCUT2D eigenvalue weighted by atomic mass is 16.4. The summed E-state index contributed by atoms with van der Waals surface area (Å²) in [5.74, 6) is -0.352. The first-order valence-corrected chi connectivity index (χ1v) is 8.98. The van der Waals surface area contributed by atoms with Crippen molar-refractivity contribution in [1.29, 1.82) is 5.26 Å². The Labute approximate surface area is 162 Å². The number of hydrogen-bond donors (Lipinski definition) is 1. The average molecular weight is 378 g/mol. The first-order chi connectivity index (χ1) is 13.5. The fourth-order valence-electron chi connectivity index (χ4n) is 3.05. The van der Waals surface area contributed by atoms with Crippen LogP contribution in [0.3, 0.4) is 0 Å². The van der Waals surface area contributed by atoms with Crippen LogP contribution in [0.15, 0.2) is 51.7 Å². The highest BCUT2D eigenvalue weighted by Gasteiger charge is 2.11. The number of likely N-dealkylation sites (N-methyl/N-ethyl adjacent to an activating group) is 1. The maximum absolute atomic E-state index is 12.1. The van der Waals surface area contributed by atoms with Crippen LogP contribution in [-0.2, 0) is 17.8 Å². The fourth-order valence-corrected chi connectivity index (χ4v) is 3.05. The number of benzene rings is 2. The molecule has 7 nitrogen and oxygen atoms in total. The third-order valence-corrected chi connectivity index (χ3v) is 4.59. The molecule has 144 valence electrons. The van der Waals surface area contributed by atoms with Crippen LogP contribution in [0.5, 0.6) is 0 Å². The van der Waals surface area contributed by atoms with E-state index in [0.29, 0.717) is 25.0 Å². The lowest BCUT2D eigenvalue weighted by atomic mass is 10.0. The molecule has 0 bridgehead atoms. The fraction of sp³-hybridized carbons (Fsp3) is 0.286. The van der Waals surface area contributed by atoms with Crippen molar-refractivity contribution in [2.24, 2.45) is 0 Å². The predicted molar refractivity (Wildman–Crippen MR) is 107 cm³/mol. The molecule has 0 aliphatic carbocycles. The number of rotatable bonds is 8. The molecule has 0 aliphatic rings. The van der Waals surface area contributed by atoms with Crippen LogP contribution in [0.1, 0.15) is 5.56 Å². The van der Waals surface area contributed by atoms with Crippen LogP contribution in [0.4, 0.5) is 0 Å². The summed E-state index contributed by atoms with van der Waals surface area (Å²) in [5, 5.41) is 11.5. The maximum Gasteiger partial charge on any atom is 0.419 e. The summed E-state index contributed by atoms with van der Waals surface area (Å²) in [4.78, 5) is 24.7. The van der Waals surface area contributed by atoms with Gasteiger partial charge in [0, 0.05) is 19.5 Å². The molecule has 0 spiro atoms. The lowest BCUT2D eigenvalue weighted by Gasteiger charge is -2.10. The molecule has 3 rings (SSSR count). The monoisotopic (exact) mass is 378 g/mol. The molecule has 0 aliphatic heterocycles. The SMILES string of the molecule is CN(C)CCn1c(=O)oc2ccc(-c3ccc(CC(C#N)NC=O)cc3)cc21. The number of oxazole rings is 1. The highest BCUT2D eigenvalue weighted by molar-refractivity contribution is 5.80. The minimum Gasteiger partial charge on any atom is -0.408 e. The third-order valence-electron chi connectivity index (χ3n) is 4.59. The Morgan fingerprint density at radius 2 is 1.93 bits per heavy atom. The molecule has 7 heteroatoms. The van der Waals surface area contributed by atoms with Crippen LogP contribution in [0.2, 0.25) is 0 Å². The van der Waals surface area contributed by atoms with Gasteiger partial charge in [-0.3, -0.25) is 9.36 Å². The second kappa shape index (κ2) is 8.55. The smallest absolute Gasteiger partial charge is 0.408 e. The molecule has 1 aromatic heterocycles. The van der Waals surface area contributed by atoms with E-state index in [1.54, 1.807) is 4.57 Å². The maximum atomic E-state index is 12.1. The summed E-state index contributed by atoms with van der Waals surface area (Å²) in [7, 11) is 3.92. The van der Waals surface area contributed by atoms with Crippen LogP contribution in [-0.4, -0.2) is 42.6 Å². The van der Waals surface area contributed by atoms with Gasteiger partial charge in [0.2, 0.25) is 6.41 Å². The van der Waals surface area contributed by atoms with E-state index in [2.05, 4.69) is 11.4 Å². The van der Waals surface area contributed by atoms with Crippen molar-refractivity contribution >= 4 is 17.5 Å². The number of fused-ring (bicyclic) bond motifs is 1. The number of nitrogens with one attached hydrogen (secondary N) is 1. The highest BCUT2D eigenvalue weighted by Crippen LogP contribution is 2.25. The summed E-state index contributed by atoms with van der Waals surface area (Å²) in [5.41, 5.74) is 4.27. The van der Waals surface area contributed by atoms with Crippen molar-refractivity contribution in [1.82, 2.24) is 14.8 Å². The number of carbonyl (C=O) groups is 1. The number of nitriles is 1. The van der Waals surface area contributed by atoms with Gasteiger partial charge in [0.25, 0.3) is 0 Å². The summed E-state index contributed by atoms with van der Waals surface area (Å²) in [6, 6.07) is 15.0. The minimum atomic E-state index is -0.545. The van der Waals surface area contributed by atoms with E-state index >= 15 is 0 Å². The lowest BCUT2D eigenvalue weighted by Crippen LogP contribution is -2.28. The van der Waals surface area contributed by atoms with Gasteiger partial charge in [0.05, 0.1) is 11.6 Å². The number of nitrogens with zero attached hydrogens (tertiary/aromatic N) is 3. The molecular formula is C21H22N4O3. The molecule has 2 aromatic carbocycles. The van der Waals surface area contributed by atoms with E-state index in [-0.39, 0.29) is 5.76 Å². The Balaban J connectivity index is 1.87. The van der Waals surface area contributed by atoms with E-state index in [4.69, 9.17) is 9.68 Å². The molecular weight excluding hydrogens is 356 g/mol. The molecule has 0 saturated heterocycles. The quantitative estimate of drug-likeness (QED) is 0.606. The van der Waals surface area contributed by atoms with Gasteiger partial charge in [-0.1, -0.05) is 30.3 Å². The van der Waals surface area contributed by atoms with Gasteiger partial charge in [0.15, 0.2) is 5.58 Å². The minimum absolute atomic E-state index is 0.352. The van der Waals surface area contributed by atoms with Crippen LogP contribution >= 0.6 is 0 Å². The Bertz CT molecular complexity index is 1060. The van der Waals surface area contributed by atoms with Gasteiger partial charge in [-0.25, -0.2) is 4.79 Å². The van der Waals surface area contributed by atoms with Crippen LogP contribution < -0.4 is 11.1 Å². The molecule has 1 heterocycles. The summed E-state index contributed by atoms with van der Waals surface area (Å²) >= 11 is 0. The molecule has 1 N–H and O–H groups in total.